The normalized spacial score (nSPS) is 10.3. The maximum absolute atomic E-state index is 13.8. The molecule has 0 unspecified atom stereocenters. The molecule has 0 saturated carbocycles. The topological polar surface area (TPSA) is 100 Å². The molecule has 0 aliphatic rings. The fourth-order valence-electron chi connectivity index (χ4n) is 1.47. The van der Waals surface area contributed by atoms with Crippen LogP contribution in [0.3, 0.4) is 0 Å². The van der Waals surface area contributed by atoms with Crippen molar-refractivity contribution < 1.29 is 18.8 Å². The van der Waals surface area contributed by atoms with E-state index >= 15 is 0 Å². The highest BCUT2D eigenvalue weighted by molar-refractivity contribution is 6.28. The van der Waals surface area contributed by atoms with Gasteiger partial charge >= 0.3 is 12.0 Å². The Bertz CT molecular complexity index is 713. The number of halogens is 2. The Kier molecular flexibility index (Phi) is 4.13. The second-order valence-electron chi connectivity index (χ2n) is 3.80. The summed E-state index contributed by atoms with van der Waals surface area (Å²) in [5.41, 5.74) is -0.130. The van der Waals surface area contributed by atoms with Gasteiger partial charge < -0.3 is 9.47 Å². The van der Waals surface area contributed by atoms with Crippen LogP contribution in [0.1, 0.15) is 5.56 Å². The number of rotatable bonds is 4. The number of hydrogen-bond donors (Lipinski definition) is 0. The van der Waals surface area contributed by atoms with Gasteiger partial charge in [0.15, 0.2) is 11.6 Å². The van der Waals surface area contributed by atoms with Crippen molar-refractivity contribution in [3.8, 4) is 17.8 Å². The second kappa shape index (κ2) is 5.83. The van der Waals surface area contributed by atoms with Crippen LogP contribution in [0, 0.1) is 22.9 Å². The summed E-state index contributed by atoms with van der Waals surface area (Å²) in [7, 11) is 1.31. The van der Waals surface area contributed by atoms with E-state index in [0.29, 0.717) is 0 Å². The van der Waals surface area contributed by atoms with Crippen LogP contribution in [-0.4, -0.2) is 27.0 Å². The largest absolute Gasteiger partial charge is 0.467 e. The molecule has 0 amide bonds. The minimum Gasteiger partial charge on any atom is -0.467 e. The third kappa shape index (κ3) is 3.31. The first kappa shape index (κ1) is 14.9. The van der Waals surface area contributed by atoms with E-state index in [0.717, 1.165) is 12.1 Å². The van der Waals surface area contributed by atoms with Crippen LogP contribution in [-0.2, 0) is 0 Å². The van der Waals surface area contributed by atoms with Crippen LogP contribution >= 0.6 is 11.6 Å². The van der Waals surface area contributed by atoms with Crippen LogP contribution in [0.25, 0.3) is 0 Å². The monoisotopic (exact) mass is 314 g/mol. The van der Waals surface area contributed by atoms with Gasteiger partial charge in [-0.25, -0.2) is 4.39 Å². The number of ether oxygens (including phenoxy) is 2. The minimum atomic E-state index is -0.928. The first-order chi connectivity index (χ1) is 9.90. The van der Waals surface area contributed by atoms with Gasteiger partial charge in [-0.05, 0) is 24.6 Å². The molecule has 0 atom stereocenters. The molecule has 2 rings (SSSR count). The Morgan fingerprint density at radius 2 is 1.95 bits per heavy atom. The van der Waals surface area contributed by atoms with E-state index in [4.69, 9.17) is 21.1 Å². The summed E-state index contributed by atoms with van der Waals surface area (Å²) in [5.74, 6) is -1.20. The van der Waals surface area contributed by atoms with Gasteiger partial charge in [0.1, 0.15) is 0 Å². The molecule has 110 valence electrons. The summed E-state index contributed by atoms with van der Waals surface area (Å²) >= 11 is 5.63. The summed E-state index contributed by atoms with van der Waals surface area (Å²) in [5, 5.41) is 10.5. The van der Waals surface area contributed by atoms with E-state index in [-0.39, 0.29) is 34.3 Å². The molecule has 1 aromatic heterocycles. The molecule has 1 heterocycles. The van der Waals surface area contributed by atoms with Gasteiger partial charge in [0.05, 0.1) is 18.1 Å². The van der Waals surface area contributed by atoms with Gasteiger partial charge in [0.2, 0.25) is 5.28 Å². The number of aromatic nitrogens is 3. The van der Waals surface area contributed by atoms with Gasteiger partial charge in [-0.2, -0.15) is 9.97 Å². The van der Waals surface area contributed by atoms with E-state index in [2.05, 4.69) is 15.0 Å². The number of nitro groups is 1. The Morgan fingerprint density at radius 1 is 1.29 bits per heavy atom. The highest BCUT2D eigenvalue weighted by Gasteiger charge is 2.18. The van der Waals surface area contributed by atoms with Crippen molar-refractivity contribution in [2.75, 3.05) is 7.11 Å². The van der Waals surface area contributed by atoms with Gasteiger partial charge in [0, 0.05) is 5.56 Å². The van der Waals surface area contributed by atoms with Crippen molar-refractivity contribution >= 4 is 17.3 Å². The molecular weight excluding hydrogens is 307 g/mol. The van der Waals surface area contributed by atoms with Crippen molar-refractivity contribution in [3.05, 3.63) is 38.9 Å². The van der Waals surface area contributed by atoms with Gasteiger partial charge in [0.25, 0.3) is 5.69 Å². The first-order valence-electron chi connectivity index (χ1n) is 5.48. The standard InChI is InChI=1S/C11H8ClFN4O4/c1-5-3-8(6(13)4-7(5)17(18)19)21-11-15-9(12)14-10(16-11)20-2/h3-4H,1-2H3. The second-order valence-corrected chi connectivity index (χ2v) is 4.14. The summed E-state index contributed by atoms with van der Waals surface area (Å²) in [6.07, 6.45) is 0. The van der Waals surface area contributed by atoms with Crippen LogP contribution in [0.4, 0.5) is 10.1 Å². The molecule has 0 radical (unpaired) electrons. The number of nitro benzene ring substituents is 1. The smallest absolute Gasteiger partial charge is 0.329 e. The zero-order valence-corrected chi connectivity index (χ0v) is 11.6. The zero-order valence-electron chi connectivity index (χ0n) is 10.8. The number of hydrogen-bond acceptors (Lipinski definition) is 7. The van der Waals surface area contributed by atoms with Crippen molar-refractivity contribution in [3.63, 3.8) is 0 Å². The zero-order chi connectivity index (χ0) is 15.6. The highest BCUT2D eigenvalue weighted by Crippen LogP contribution is 2.29. The Morgan fingerprint density at radius 3 is 2.57 bits per heavy atom. The molecule has 0 N–H and O–H groups in total. The first-order valence-corrected chi connectivity index (χ1v) is 5.86. The molecule has 0 fully saturated rings. The Balaban J connectivity index is 2.38. The lowest BCUT2D eigenvalue weighted by atomic mass is 10.2. The molecule has 2 aromatic rings. The van der Waals surface area contributed by atoms with Crippen molar-refractivity contribution in [2.24, 2.45) is 0 Å². The van der Waals surface area contributed by atoms with Gasteiger partial charge in [-0.1, -0.05) is 0 Å². The average Bonchev–Trinajstić information content (AvgIpc) is 2.41. The van der Waals surface area contributed by atoms with E-state index in [1.54, 1.807) is 0 Å². The molecule has 0 bridgehead atoms. The van der Waals surface area contributed by atoms with Crippen LogP contribution < -0.4 is 9.47 Å². The summed E-state index contributed by atoms with van der Waals surface area (Å²) < 4.78 is 23.7. The molecule has 0 aliphatic heterocycles. The van der Waals surface area contributed by atoms with Gasteiger partial charge in [-0.3, -0.25) is 10.1 Å². The fourth-order valence-corrected chi connectivity index (χ4v) is 1.61. The highest BCUT2D eigenvalue weighted by atomic mass is 35.5. The summed E-state index contributed by atoms with van der Waals surface area (Å²) in [6, 6.07) is 1.52. The van der Waals surface area contributed by atoms with Crippen LogP contribution in [0.5, 0.6) is 17.8 Å². The van der Waals surface area contributed by atoms with Crippen LogP contribution in [0.15, 0.2) is 12.1 Å². The van der Waals surface area contributed by atoms with Crippen molar-refractivity contribution in [1.82, 2.24) is 15.0 Å². The predicted octanol–water partition coefficient (Wildman–Crippen LogP) is 2.68. The molecule has 0 aliphatic carbocycles. The van der Waals surface area contributed by atoms with Gasteiger partial charge in [-0.15, -0.1) is 4.98 Å². The summed E-state index contributed by atoms with van der Waals surface area (Å²) in [6.45, 7) is 1.45. The lowest BCUT2D eigenvalue weighted by Crippen LogP contribution is -2.01. The number of nitrogens with zero attached hydrogens (tertiary/aromatic N) is 4. The molecule has 1 aromatic carbocycles. The maximum Gasteiger partial charge on any atom is 0.329 e. The number of benzene rings is 1. The molecular formula is C11H8ClFN4O4. The SMILES string of the molecule is COc1nc(Cl)nc(Oc2cc(C)c([N+](=O)[O-])cc2F)n1. The fraction of sp³-hybridized carbons (Fsp3) is 0.182. The number of methoxy groups -OCH3 is 1. The molecule has 8 nitrogen and oxygen atoms in total. The molecule has 0 saturated heterocycles. The van der Waals surface area contributed by atoms with Crippen molar-refractivity contribution in [1.29, 1.82) is 0 Å². The molecule has 21 heavy (non-hydrogen) atoms. The predicted molar refractivity (Wildman–Crippen MR) is 69.3 cm³/mol. The van der Waals surface area contributed by atoms with Crippen molar-refractivity contribution in [2.45, 2.75) is 6.92 Å². The van der Waals surface area contributed by atoms with Crippen LogP contribution in [0.2, 0.25) is 5.28 Å². The van der Waals surface area contributed by atoms with E-state index in [1.807, 2.05) is 0 Å². The Hall–Kier alpha value is -2.55. The van der Waals surface area contributed by atoms with E-state index < -0.39 is 10.7 Å². The minimum absolute atomic E-state index is 0.107. The average molecular weight is 315 g/mol. The van der Waals surface area contributed by atoms with E-state index in [9.17, 15) is 14.5 Å². The lowest BCUT2D eigenvalue weighted by Gasteiger charge is -2.07. The number of aryl methyl sites for hydroxylation is 1. The lowest BCUT2D eigenvalue weighted by molar-refractivity contribution is -0.385. The maximum atomic E-state index is 13.8. The molecule has 0 spiro atoms. The third-order valence-corrected chi connectivity index (χ3v) is 2.57. The van der Waals surface area contributed by atoms with E-state index in [1.165, 1.54) is 14.0 Å². The Labute approximate surface area is 122 Å². The quantitative estimate of drug-likeness (QED) is 0.631. The third-order valence-electron chi connectivity index (χ3n) is 2.40. The summed E-state index contributed by atoms with van der Waals surface area (Å²) in [4.78, 5) is 21.0. The molecule has 10 heteroatoms.